The first-order chi connectivity index (χ1) is 7.49. The van der Waals surface area contributed by atoms with Crippen LogP contribution in [0.2, 0.25) is 0 Å². The Bertz CT molecular complexity index is 545. The number of hydrogen-bond acceptors (Lipinski definition) is 5. The molecular weight excluding hydrogens is 212 g/mol. The number of fused-ring (bicyclic) bond motifs is 1. The molecule has 1 aliphatic heterocycles. The van der Waals surface area contributed by atoms with Crippen LogP contribution in [0, 0.1) is 0 Å². The van der Waals surface area contributed by atoms with Crippen LogP contribution in [0.5, 0.6) is 0 Å². The highest BCUT2D eigenvalue weighted by atomic mass is 16.3. The number of rotatable bonds is 1. The van der Waals surface area contributed by atoms with E-state index in [9.17, 15) is 14.7 Å². The first-order valence-corrected chi connectivity index (χ1v) is 4.86. The molecule has 88 valence electrons. The maximum Gasteiger partial charge on any atom is 0.332 e. The lowest BCUT2D eigenvalue weighted by Gasteiger charge is -2.16. The van der Waals surface area contributed by atoms with E-state index in [1.165, 1.54) is 11.6 Å². The number of aromatic nitrogens is 2. The molecule has 2 rings (SSSR count). The maximum atomic E-state index is 11.9. The second kappa shape index (κ2) is 3.38. The van der Waals surface area contributed by atoms with Crippen molar-refractivity contribution in [2.45, 2.75) is 0 Å². The summed E-state index contributed by atoms with van der Waals surface area (Å²) < 4.78 is 2.44. The van der Waals surface area contributed by atoms with Crippen LogP contribution in [0.3, 0.4) is 0 Å². The number of hydrogen-bond donors (Lipinski definition) is 1. The van der Waals surface area contributed by atoms with Crippen molar-refractivity contribution in [1.82, 2.24) is 9.13 Å². The van der Waals surface area contributed by atoms with E-state index in [-0.39, 0.29) is 12.3 Å². The predicted molar refractivity (Wildman–Crippen MR) is 59.8 cm³/mol. The van der Waals surface area contributed by atoms with Gasteiger partial charge in [0.15, 0.2) is 0 Å². The van der Waals surface area contributed by atoms with Gasteiger partial charge in [0.05, 0.1) is 6.67 Å². The lowest BCUT2D eigenvalue weighted by Crippen LogP contribution is -2.39. The molecule has 0 atom stereocenters. The molecule has 0 bridgehead atoms. The van der Waals surface area contributed by atoms with Gasteiger partial charge in [0.1, 0.15) is 18.2 Å². The third-order valence-electron chi connectivity index (χ3n) is 2.85. The molecule has 1 aromatic rings. The second-order valence-corrected chi connectivity index (χ2v) is 3.90. The summed E-state index contributed by atoms with van der Waals surface area (Å²) in [6.07, 6.45) is 0. The molecule has 0 unspecified atom stereocenters. The van der Waals surface area contributed by atoms with E-state index < -0.39 is 5.69 Å². The zero-order valence-electron chi connectivity index (χ0n) is 9.47. The maximum absolute atomic E-state index is 11.9. The Morgan fingerprint density at radius 2 is 1.81 bits per heavy atom. The Balaban J connectivity index is 2.86. The first kappa shape index (κ1) is 10.7. The van der Waals surface area contributed by atoms with Gasteiger partial charge in [0.25, 0.3) is 5.56 Å². The minimum atomic E-state index is -0.391. The Kier molecular flexibility index (Phi) is 2.27. The minimum absolute atomic E-state index is 0.224. The molecule has 0 spiro atoms. The number of aliphatic hydroxyl groups is 1. The van der Waals surface area contributed by atoms with E-state index in [1.54, 1.807) is 23.9 Å². The molecule has 16 heavy (non-hydrogen) atoms. The van der Waals surface area contributed by atoms with Crippen LogP contribution in [0.4, 0.5) is 11.5 Å². The van der Waals surface area contributed by atoms with Gasteiger partial charge >= 0.3 is 5.69 Å². The van der Waals surface area contributed by atoms with Gasteiger partial charge in [-0.2, -0.15) is 0 Å². The first-order valence-electron chi connectivity index (χ1n) is 4.86. The average molecular weight is 226 g/mol. The molecule has 7 heteroatoms. The highest BCUT2D eigenvalue weighted by Gasteiger charge is 2.29. The van der Waals surface area contributed by atoms with Crippen molar-refractivity contribution in [2.24, 2.45) is 14.1 Å². The SMILES string of the molecule is CN1CN(CO)c2c1c(=O)n(C)c(=O)n2C. The molecule has 1 aromatic heterocycles. The lowest BCUT2D eigenvalue weighted by molar-refractivity contribution is 0.292. The summed E-state index contributed by atoms with van der Waals surface area (Å²) in [7, 11) is 4.78. The molecule has 1 aliphatic rings. The Hall–Kier alpha value is -1.76. The highest BCUT2D eigenvalue weighted by molar-refractivity contribution is 5.71. The van der Waals surface area contributed by atoms with E-state index in [0.29, 0.717) is 18.2 Å². The molecule has 1 N–H and O–H groups in total. The van der Waals surface area contributed by atoms with Crippen LogP contribution in [0.15, 0.2) is 9.59 Å². The number of aliphatic hydroxyl groups excluding tert-OH is 1. The van der Waals surface area contributed by atoms with Crippen LogP contribution in [-0.2, 0) is 14.1 Å². The standard InChI is InChI=1S/C9H14N4O3/c1-10-4-13(5-14)7-6(10)8(15)12(3)9(16)11(7)2/h14H,4-5H2,1-3H3. The van der Waals surface area contributed by atoms with Crippen molar-refractivity contribution >= 4 is 11.5 Å². The number of nitrogens with zero attached hydrogens (tertiary/aromatic N) is 4. The predicted octanol–water partition coefficient (Wildman–Crippen LogP) is -1.75. The molecule has 0 aliphatic carbocycles. The van der Waals surface area contributed by atoms with Gasteiger partial charge in [-0.25, -0.2) is 4.79 Å². The fourth-order valence-electron chi connectivity index (χ4n) is 2.02. The topological polar surface area (TPSA) is 70.7 Å². The largest absolute Gasteiger partial charge is 0.376 e. The molecule has 0 fully saturated rings. The molecule has 0 saturated carbocycles. The highest BCUT2D eigenvalue weighted by Crippen LogP contribution is 2.28. The summed E-state index contributed by atoms with van der Waals surface area (Å²) in [4.78, 5) is 26.9. The van der Waals surface area contributed by atoms with Crippen molar-refractivity contribution in [3.63, 3.8) is 0 Å². The molecule has 0 amide bonds. The summed E-state index contributed by atoms with van der Waals surface area (Å²) in [5.41, 5.74) is -0.285. The zero-order valence-corrected chi connectivity index (χ0v) is 9.47. The van der Waals surface area contributed by atoms with Crippen LogP contribution in [-0.4, -0.2) is 34.7 Å². The van der Waals surface area contributed by atoms with Gasteiger partial charge in [0.2, 0.25) is 0 Å². The van der Waals surface area contributed by atoms with Gasteiger partial charge in [0, 0.05) is 21.1 Å². The summed E-state index contributed by atoms with van der Waals surface area (Å²) >= 11 is 0. The van der Waals surface area contributed by atoms with Crippen LogP contribution in [0.25, 0.3) is 0 Å². The van der Waals surface area contributed by atoms with E-state index in [0.717, 1.165) is 4.57 Å². The van der Waals surface area contributed by atoms with Crippen molar-refractivity contribution in [2.75, 3.05) is 30.2 Å². The minimum Gasteiger partial charge on any atom is -0.376 e. The van der Waals surface area contributed by atoms with Gasteiger partial charge in [-0.3, -0.25) is 13.9 Å². The van der Waals surface area contributed by atoms with E-state index in [2.05, 4.69) is 0 Å². The van der Waals surface area contributed by atoms with E-state index in [1.807, 2.05) is 0 Å². The molecule has 2 heterocycles. The Labute approximate surface area is 91.7 Å². The summed E-state index contributed by atoms with van der Waals surface area (Å²) in [5, 5.41) is 9.18. The van der Waals surface area contributed by atoms with E-state index in [4.69, 9.17) is 0 Å². The molecular formula is C9H14N4O3. The van der Waals surface area contributed by atoms with Gasteiger partial charge in [-0.15, -0.1) is 0 Å². The summed E-state index contributed by atoms with van der Waals surface area (Å²) in [6.45, 7) is 0.177. The molecule has 0 saturated heterocycles. The molecule has 0 radical (unpaired) electrons. The third kappa shape index (κ3) is 1.18. The van der Waals surface area contributed by atoms with Crippen LogP contribution < -0.4 is 21.0 Å². The molecule has 7 nitrogen and oxygen atoms in total. The normalized spacial score (nSPS) is 14.5. The Morgan fingerprint density at radius 3 is 2.38 bits per heavy atom. The van der Waals surface area contributed by atoms with Crippen molar-refractivity contribution < 1.29 is 5.11 Å². The quantitative estimate of drug-likeness (QED) is 0.615. The van der Waals surface area contributed by atoms with Crippen molar-refractivity contribution in [3.8, 4) is 0 Å². The zero-order chi connectivity index (χ0) is 12.0. The monoisotopic (exact) mass is 226 g/mol. The fraction of sp³-hybridized carbons (Fsp3) is 0.556. The van der Waals surface area contributed by atoms with Crippen molar-refractivity contribution in [3.05, 3.63) is 20.8 Å². The van der Waals surface area contributed by atoms with Crippen molar-refractivity contribution in [1.29, 1.82) is 0 Å². The fourth-order valence-corrected chi connectivity index (χ4v) is 2.02. The lowest BCUT2D eigenvalue weighted by atomic mass is 10.4. The summed E-state index contributed by atoms with van der Waals surface area (Å²) in [6, 6.07) is 0. The summed E-state index contributed by atoms with van der Waals surface area (Å²) in [5.74, 6) is 0.470. The second-order valence-electron chi connectivity index (χ2n) is 3.90. The van der Waals surface area contributed by atoms with E-state index >= 15 is 0 Å². The van der Waals surface area contributed by atoms with Gasteiger partial charge in [-0.1, -0.05) is 0 Å². The Morgan fingerprint density at radius 1 is 1.19 bits per heavy atom. The molecule has 0 aromatic carbocycles. The van der Waals surface area contributed by atoms with Gasteiger partial charge in [-0.05, 0) is 0 Å². The number of anilines is 2. The van der Waals surface area contributed by atoms with Crippen LogP contribution in [0.1, 0.15) is 0 Å². The third-order valence-corrected chi connectivity index (χ3v) is 2.85. The van der Waals surface area contributed by atoms with Gasteiger partial charge < -0.3 is 14.9 Å². The smallest absolute Gasteiger partial charge is 0.332 e. The average Bonchev–Trinajstić information content (AvgIpc) is 2.60. The van der Waals surface area contributed by atoms with Crippen LogP contribution >= 0.6 is 0 Å².